The normalized spacial score (nSPS) is 9.69. The molecule has 4 heteroatoms. The van der Waals surface area contributed by atoms with Crippen LogP contribution in [0.25, 0.3) is 0 Å². The monoisotopic (exact) mass is 309 g/mol. The van der Waals surface area contributed by atoms with Gasteiger partial charge in [0.2, 0.25) is 0 Å². The molecule has 0 unspecified atom stereocenters. The fourth-order valence-corrected chi connectivity index (χ4v) is 1.53. The fourth-order valence-electron chi connectivity index (χ4n) is 0.893. The Hall–Kier alpha value is -0.290. The van der Waals surface area contributed by atoms with E-state index in [0.29, 0.717) is 18.0 Å². The van der Waals surface area contributed by atoms with Crippen molar-refractivity contribution >= 4 is 40.1 Å². The molecule has 13 heavy (non-hydrogen) atoms. The van der Waals surface area contributed by atoms with Gasteiger partial charge in [0.05, 0.1) is 0 Å². The zero-order valence-electron chi connectivity index (χ0n) is 6.89. The van der Waals surface area contributed by atoms with Gasteiger partial charge in [0, 0.05) is 21.6 Å². The number of carbonyl (C=O) groups is 1. The van der Waals surface area contributed by atoms with Gasteiger partial charge < -0.3 is 5.32 Å². The predicted molar refractivity (Wildman–Crippen MR) is 62.2 cm³/mol. The van der Waals surface area contributed by atoms with E-state index < -0.39 is 0 Å². The van der Waals surface area contributed by atoms with Crippen molar-refractivity contribution < 1.29 is 4.79 Å². The van der Waals surface area contributed by atoms with Crippen molar-refractivity contribution in [1.82, 2.24) is 5.32 Å². The average molecular weight is 310 g/mol. The van der Waals surface area contributed by atoms with Crippen molar-refractivity contribution in [3.63, 3.8) is 0 Å². The summed E-state index contributed by atoms with van der Waals surface area (Å²) in [5.74, 6) is 0.370. The zero-order valence-corrected chi connectivity index (χ0v) is 9.80. The third-order valence-corrected chi connectivity index (χ3v) is 2.33. The summed E-state index contributed by atoms with van der Waals surface area (Å²) in [7, 11) is 0. The molecule has 0 bridgehead atoms. The van der Waals surface area contributed by atoms with Crippen molar-refractivity contribution in [2.75, 3.05) is 12.4 Å². The summed E-state index contributed by atoms with van der Waals surface area (Å²) >= 11 is 7.62. The molecule has 0 spiro atoms. The van der Waals surface area contributed by atoms with E-state index in [1.54, 1.807) is 6.07 Å². The Morgan fingerprint density at radius 2 is 2.31 bits per heavy atom. The standard InChI is InChI=1S/C9H9ClINO/c10-4-5-12-9(13)7-2-1-3-8(11)6-7/h1-3,6H,4-5H2,(H,12,13). The van der Waals surface area contributed by atoms with Crippen LogP contribution in [0.2, 0.25) is 0 Å². The van der Waals surface area contributed by atoms with Gasteiger partial charge in [-0.25, -0.2) is 0 Å². The van der Waals surface area contributed by atoms with E-state index in [4.69, 9.17) is 11.6 Å². The van der Waals surface area contributed by atoms with Gasteiger partial charge in [-0.1, -0.05) is 6.07 Å². The fraction of sp³-hybridized carbons (Fsp3) is 0.222. The van der Waals surface area contributed by atoms with Crippen LogP contribution in [0.1, 0.15) is 10.4 Å². The van der Waals surface area contributed by atoms with E-state index in [1.165, 1.54) is 0 Å². The first-order valence-electron chi connectivity index (χ1n) is 3.84. The molecule has 0 fully saturated rings. The van der Waals surface area contributed by atoms with Gasteiger partial charge in [-0.2, -0.15) is 0 Å². The average Bonchev–Trinajstić information content (AvgIpc) is 2.14. The van der Waals surface area contributed by atoms with Crippen LogP contribution in [0, 0.1) is 3.57 Å². The molecule has 0 radical (unpaired) electrons. The van der Waals surface area contributed by atoms with Crippen molar-refractivity contribution in [3.8, 4) is 0 Å². The number of benzene rings is 1. The topological polar surface area (TPSA) is 29.1 Å². The van der Waals surface area contributed by atoms with Gasteiger partial charge in [-0.3, -0.25) is 4.79 Å². The van der Waals surface area contributed by atoms with E-state index in [2.05, 4.69) is 27.9 Å². The van der Waals surface area contributed by atoms with Gasteiger partial charge in [-0.15, -0.1) is 11.6 Å². The number of amides is 1. The number of hydrogen-bond acceptors (Lipinski definition) is 1. The van der Waals surface area contributed by atoms with Crippen LogP contribution in [0.5, 0.6) is 0 Å². The summed E-state index contributed by atoms with van der Waals surface area (Å²) in [5, 5.41) is 2.70. The van der Waals surface area contributed by atoms with Crippen LogP contribution in [-0.2, 0) is 0 Å². The summed E-state index contributed by atoms with van der Waals surface area (Å²) < 4.78 is 1.05. The minimum atomic E-state index is -0.0702. The molecule has 0 aliphatic rings. The minimum Gasteiger partial charge on any atom is -0.351 e. The Morgan fingerprint density at radius 1 is 1.54 bits per heavy atom. The Balaban J connectivity index is 2.66. The van der Waals surface area contributed by atoms with Gasteiger partial charge in [0.1, 0.15) is 0 Å². The third-order valence-electron chi connectivity index (χ3n) is 1.47. The first-order valence-corrected chi connectivity index (χ1v) is 5.45. The third kappa shape index (κ3) is 3.52. The number of hydrogen-bond donors (Lipinski definition) is 1. The number of carbonyl (C=O) groups excluding carboxylic acids is 1. The summed E-state index contributed by atoms with van der Waals surface area (Å²) in [4.78, 5) is 11.4. The van der Waals surface area contributed by atoms with Gasteiger partial charge in [0.25, 0.3) is 5.91 Å². The van der Waals surface area contributed by atoms with Crippen molar-refractivity contribution in [2.24, 2.45) is 0 Å². The lowest BCUT2D eigenvalue weighted by Gasteiger charge is -2.02. The van der Waals surface area contributed by atoms with E-state index in [-0.39, 0.29) is 5.91 Å². The molecule has 2 nitrogen and oxygen atoms in total. The second-order valence-corrected chi connectivity index (χ2v) is 4.08. The lowest BCUT2D eigenvalue weighted by molar-refractivity contribution is 0.0956. The molecular weight excluding hydrogens is 300 g/mol. The smallest absolute Gasteiger partial charge is 0.251 e. The van der Waals surface area contributed by atoms with E-state index in [9.17, 15) is 4.79 Å². The molecule has 1 N–H and O–H groups in total. The second kappa shape index (κ2) is 5.44. The Kier molecular flexibility index (Phi) is 4.52. The quantitative estimate of drug-likeness (QED) is 0.673. The van der Waals surface area contributed by atoms with Crippen molar-refractivity contribution in [2.45, 2.75) is 0 Å². The van der Waals surface area contributed by atoms with Crippen LogP contribution in [0.3, 0.4) is 0 Å². The van der Waals surface area contributed by atoms with E-state index in [1.807, 2.05) is 18.2 Å². The Morgan fingerprint density at radius 3 is 2.92 bits per heavy atom. The Labute approximate surface area is 95.8 Å². The number of alkyl halides is 1. The molecule has 0 aliphatic heterocycles. The molecule has 0 heterocycles. The van der Waals surface area contributed by atoms with Gasteiger partial charge in [-0.05, 0) is 40.8 Å². The molecule has 0 aromatic heterocycles. The number of halogens is 2. The Bertz CT molecular complexity index is 303. The molecule has 0 aliphatic carbocycles. The molecule has 1 aromatic rings. The highest BCUT2D eigenvalue weighted by atomic mass is 127. The first-order chi connectivity index (χ1) is 6.24. The maximum Gasteiger partial charge on any atom is 0.251 e. The highest BCUT2D eigenvalue weighted by Crippen LogP contribution is 2.07. The summed E-state index contributed by atoms with van der Waals surface area (Å²) in [5.41, 5.74) is 0.678. The van der Waals surface area contributed by atoms with Crippen molar-refractivity contribution in [1.29, 1.82) is 0 Å². The summed E-state index contributed by atoms with van der Waals surface area (Å²) in [6, 6.07) is 7.42. The van der Waals surface area contributed by atoms with Crippen LogP contribution >= 0.6 is 34.2 Å². The lowest BCUT2D eigenvalue weighted by atomic mass is 10.2. The van der Waals surface area contributed by atoms with Crippen LogP contribution in [0.4, 0.5) is 0 Å². The SMILES string of the molecule is O=C(NCCCl)c1cccc(I)c1. The van der Waals surface area contributed by atoms with Crippen LogP contribution in [-0.4, -0.2) is 18.3 Å². The number of nitrogens with one attached hydrogen (secondary N) is 1. The molecule has 0 atom stereocenters. The predicted octanol–water partition coefficient (Wildman–Crippen LogP) is 2.26. The highest BCUT2D eigenvalue weighted by Gasteiger charge is 2.03. The molecular formula is C9H9ClINO. The maximum atomic E-state index is 11.4. The van der Waals surface area contributed by atoms with E-state index in [0.717, 1.165) is 3.57 Å². The van der Waals surface area contributed by atoms with Gasteiger partial charge >= 0.3 is 0 Å². The summed E-state index contributed by atoms with van der Waals surface area (Å²) in [6.45, 7) is 0.506. The molecule has 0 saturated heterocycles. The minimum absolute atomic E-state index is 0.0702. The molecule has 0 saturated carbocycles. The zero-order chi connectivity index (χ0) is 9.68. The van der Waals surface area contributed by atoms with Crippen molar-refractivity contribution in [3.05, 3.63) is 33.4 Å². The lowest BCUT2D eigenvalue weighted by Crippen LogP contribution is -2.25. The van der Waals surface area contributed by atoms with Crippen LogP contribution in [0.15, 0.2) is 24.3 Å². The number of rotatable bonds is 3. The molecule has 70 valence electrons. The van der Waals surface area contributed by atoms with E-state index >= 15 is 0 Å². The molecule has 1 aromatic carbocycles. The van der Waals surface area contributed by atoms with Gasteiger partial charge in [0.15, 0.2) is 0 Å². The summed E-state index contributed by atoms with van der Waals surface area (Å²) in [6.07, 6.45) is 0. The first kappa shape index (κ1) is 10.8. The second-order valence-electron chi connectivity index (χ2n) is 2.46. The van der Waals surface area contributed by atoms with Crippen LogP contribution < -0.4 is 5.32 Å². The maximum absolute atomic E-state index is 11.4. The highest BCUT2D eigenvalue weighted by molar-refractivity contribution is 14.1. The molecule has 1 amide bonds. The largest absolute Gasteiger partial charge is 0.351 e. The molecule has 1 rings (SSSR count).